The molecule has 0 atom stereocenters. The minimum Gasteiger partial charge on any atom is -0.380 e. The SMILES string of the molecule is CCOCCn1c(CSc2ccc(Cl)cc2)nc2ccccc21. The van der Waals surface area contributed by atoms with Gasteiger partial charge in [0.25, 0.3) is 0 Å². The highest BCUT2D eigenvalue weighted by atomic mass is 35.5. The highest BCUT2D eigenvalue weighted by Gasteiger charge is 2.10. The number of fused-ring (bicyclic) bond motifs is 1. The smallest absolute Gasteiger partial charge is 0.120 e. The van der Waals surface area contributed by atoms with Crippen molar-refractivity contribution in [3.63, 3.8) is 0 Å². The molecule has 0 unspecified atom stereocenters. The monoisotopic (exact) mass is 346 g/mol. The third kappa shape index (κ3) is 4.08. The zero-order chi connectivity index (χ0) is 16.1. The molecule has 3 aromatic rings. The number of thioether (sulfide) groups is 1. The lowest BCUT2D eigenvalue weighted by Gasteiger charge is -2.09. The van der Waals surface area contributed by atoms with Crippen molar-refractivity contribution in [3.05, 3.63) is 59.4 Å². The number of imidazole rings is 1. The molecule has 5 heteroatoms. The van der Waals surface area contributed by atoms with E-state index in [0.717, 1.165) is 35.3 Å². The first-order chi connectivity index (χ1) is 11.3. The fourth-order valence-electron chi connectivity index (χ4n) is 2.46. The van der Waals surface area contributed by atoms with Crippen molar-refractivity contribution in [2.45, 2.75) is 24.1 Å². The molecule has 1 heterocycles. The summed E-state index contributed by atoms with van der Waals surface area (Å²) < 4.78 is 7.77. The van der Waals surface area contributed by atoms with E-state index in [2.05, 4.69) is 22.8 Å². The molecule has 120 valence electrons. The Labute approximate surface area is 145 Å². The van der Waals surface area contributed by atoms with Crippen LogP contribution in [0.25, 0.3) is 11.0 Å². The third-order valence-corrected chi connectivity index (χ3v) is 4.84. The summed E-state index contributed by atoms with van der Waals surface area (Å²) in [7, 11) is 0. The number of hydrogen-bond donors (Lipinski definition) is 0. The van der Waals surface area contributed by atoms with Crippen molar-refractivity contribution >= 4 is 34.4 Å². The van der Waals surface area contributed by atoms with Crippen molar-refractivity contribution in [1.82, 2.24) is 9.55 Å². The molecule has 2 aromatic carbocycles. The predicted octanol–water partition coefficient (Wildman–Crippen LogP) is 5.02. The molecule has 0 amide bonds. The topological polar surface area (TPSA) is 27.1 Å². The van der Waals surface area contributed by atoms with Gasteiger partial charge in [-0.05, 0) is 43.3 Å². The van der Waals surface area contributed by atoms with Crippen LogP contribution in [0.1, 0.15) is 12.7 Å². The molecule has 1 aromatic heterocycles. The van der Waals surface area contributed by atoms with Gasteiger partial charge in [-0.3, -0.25) is 0 Å². The standard InChI is InChI=1S/C18H19ClN2OS/c1-2-22-12-11-21-17-6-4-3-5-16(17)20-18(21)13-23-15-9-7-14(19)8-10-15/h3-10H,2,11-13H2,1H3. The van der Waals surface area contributed by atoms with Crippen LogP contribution >= 0.6 is 23.4 Å². The first-order valence-electron chi connectivity index (χ1n) is 7.68. The quantitative estimate of drug-likeness (QED) is 0.444. The van der Waals surface area contributed by atoms with E-state index in [4.69, 9.17) is 21.3 Å². The summed E-state index contributed by atoms with van der Waals surface area (Å²) in [6, 6.07) is 16.2. The van der Waals surface area contributed by atoms with E-state index in [9.17, 15) is 0 Å². The minimum atomic E-state index is 0.704. The van der Waals surface area contributed by atoms with Gasteiger partial charge >= 0.3 is 0 Å². The van der Waals surface area contributed by atoms with Crippen molar-refractivity contribution in [2.24, 2.45) is 0 Å². The average Bonchev–Trinajstić information content (AvgIpc) is 2.93. The maximum absolute atomic E-state index is 5.94. The summed E-state index contributed by atoms with van der Waals surface area (Å²) >= 11 is 7.71. The molecular formula is C18H19ClN2OS. The van der Waals surface area contributed by atoms with Gasteiger partial charge in [-0.1, -0.05) is 23.7 Å². The lowest BCUT2D eigenvalue weighted by Crippen LogP contribution is -2.08. The van der Waals surface area contributed by atoms with Gasteiger partial charge in [0.15, 0.2) is 0 Å². The van der Waals surface area contributed by atoms with Crippen LogP contribution in [0.2, 0.25) is 5.02 Å². The molecule has 0 saturated heterocycles. The molecule has 0 bridgehead atoms. The Hall–Kier alpha value is -1.49. The van der Waals surface area contributed by atoms with Gasteiger partial charge in [-0.15, -0.1) is 11.8 Å². The van der Waals surface area contributed by atoms with Crippen molar-refractivity contribution in [3.8, 4) is 0 Å². The van der Waals surface area contributed by atoms with E-state index in [1.165, 1.54) is 10.4 Å². The van der Waals surface area contributed by atoms with Gasteiger partial charge in [0.05, 0.1) is 23.4 Å². The number of hydrogen-bond acceptors (Lipinski definition) is 3. The summed E-state index contributed by atoms with van der Waals surface area (Å²) in [5.74, 6) is 1.90. The predicted molar refractivity (Wildman–Crippen MR) is 97.2 cm³/mol. The summed E-state index contributed by atoms with van der Waals surface area (Å²) in [4.78, 5) is 5.98. The zero-order valence-electron chi connectivity index (χ0n) is 13.0. The Morgan fingerprint density at radius 1 is 1.13 bits per heavy atom. The second-order valence-electron chi connectivity index (χ2n) is 5.11. The first-order valence-corrected chi connectivity index (χ1v) is 9.04. The average molecular weight is 347 g/mol. The van der Waals surface area contributed by atoms with Gasteiger partial charge in [0, 0.05) is 23.1 Å². The van der Waals surface area contributed by atoms with E-state index in [0.29, 0.717) is 6.61 Å². The fourth-order valence-corrected chi connectivity index (χ4v) is 3.43. The van der Waals surface area contributed by atoms with E-state index in [-0.39, 0.29) is 0 Å². The molecule has 3 nitrogen and oxygen atoms in total. The fraction of sp³-hybridized carbons (Fsp3) is 0.278. The summed E-state index contributed by atoms with van der Waals surface area (Å²) in [6.07, 6.45) is 0. The molecule has 0 N–H and O–H groups in total. The summed E-state index contributed by atoms with van der Waals surface area (Å²) in [5.41, 5.74) is 2.20. The molecule has 0 aliphatic carbocycles. The molecule has 0 saturated carbocycles. The number of ether oxygens (including phenoxy) is 1. The van der Waals surface area contributed by atoms with Crippen LogP contribution in [0.5, 0.6) is 0 Å². The third-order valence-electron chi connectivity index (χ3n) is 3.58. The minimum absolute atomic E-state index is 0.704. The number of nitrogens with zero attached hydrogens (tertiary/aromatic N) is 2. The van der Waals surface area contributed by atoms with Gasteiger partial charge in [0.2, 0.25) is 0 Å². The lowest BCUT2D eigenvalue weighted by atomic mass is 10.3. The highest BCUT2D eigenvalue weighted by molar-refractivity contribution is 7.98. The van der Waals surface area contributed by atoms with E-state index in [1.54, 1.807) is 11.8 Å². The van der Waals surface area contributed by atoms with Gasteiger partial charge in [-0.2, -0.15) is 0 Å². The molecule has 0 aliphatic rings. The second kappa shape index (κ2) is 7.86. The number of halogens is 1. The van der Waals surface area contributed by atoms with Crippen LogP contribution in [0.3, 0.4) is 0 Å². The molecule has 23 heavy (non-hydrogen) atoms. The number of para-hydroxylation sites is 2. The van der Waals surface area contributed by atoms with E-state index >= 15 is 0 Å². The van der Waals surface area contributed by atoms with E-state index in [1.807, 2.05) is 37.3 Å². The Morgan fingerprint density at radius 3 is 2.70 bits per heavy atom. The Kier molecular flexibility index (Phi) is 5.60. The molecule has 3 rings (SSSR count). The molecular weight excluding hydrogens is 328 g/mol. The summed E-state index contributed by atoms with van der Waals surface area (Å²) in [6.45, 7) is 4.28. The zero-order valence-corrected chi connectivity index (χ0v) is 14.6. The number of benzene rings is 2. The number of aromatic nitrogens is 2. The van der Waals surface area contributed by atoms with Crippen LogP contribution in [0.4, 0.5) is 0 Å². The Bertz CT molecular complexity index is 770. The van der Waals surface area contributed by atoms with Crippen LogP contribution < -0.4 is 0 Å². The van der Waals surface area contributed by atoms with Gasteiger partial charge in [0.1, 0.15) is 5.82 Å². The number of rotatable bonds is 7. The molecule has 0 fully saturated rings. The van der Waals surface area contributed by atoms with Gasteiger partial charge < -0.3 is 9.30 Å². The normalized spacial score (nSPS) is 11.2. The lowest BCUT2D eigenvalue weighted by molar-refractivity contribution is 0.139. The van der Waals surface area contributed by atoms with E-state index < -0.39 is 0 Å². The van der Waals surface area contributed by atoms with Crippen LogP contribution in [0.15, 0.2) is 53.4 Å². The van der Waals surface area contributed by atoms with Gasteiger partial charge in [-0.25, -0.2) is 4.98 Å². The first kappa shape index (κ1) is 16.4. The van der Waals surface area contributed by atoms with Crippen LogP contribution in [-0.2, 0) is 17.0 Å². The molecule has 0 radical (unpaired) electrons. The molecule has 0 aliphatic heterocycles. The second-order valence-corrected chi connectivity index (χ2v) is 6.59. The maximum Gasteiger partial charge on any atom is 0.120 e. The largest absolute Gasteiger partial charge is 0.380 e. The van der Waals surface area contributed by atoms with Crippen LogP contribution in [-0.4, -0.2) is 22.8 Å². The summed E-state index contributed by atoms with van der Waals surface area (Å²) in [5, 5.41) is 0.762. The maximum atomic E-state index is 5.94. The molecule has 0 spiro atoms. The Balaban J connectivity index is 1.80. The van der Waals surface area contributed by atoms with Crippen LogP contribution in [0, 0.1) is 0 Å². The van der Waals surface area contributed by atoms with Crippen molar-refractivity contribution < 1.29 is 4.74 Å². The van der Waals surface area contributed by atoms with Crippen molar-refractivity contribution in [1.29, 1.82) is 0 Å². The van der Waals surface area contributed by atoms with Crippen molar-refractivity contribution in [2.75, 3.05) is 13.2 Å². The highest BCUT2D eigenvalue weighted by Crippen LogP contribution is 2.26. The Morgan fingerprint density at radius 2 is 1.91 bits per heavy atom.